The Morgan fingerprint density at radius 2 is 1.71 bits per heavy atom. The molecule has 2 atom stereocenters. The fraction of sp³-hybridized carbons (Fsp3) is 0.812. The van der Waals surface area contributed by atoms with E-state index in [1.165, 1.54) is 0 Å². The van der Waals surface area contributed by atoms with Crippen LogP contribution in [0.3, 0.4) is 0 Å². The Balaban J connectivity index is 5.34. The Labute approximate surface area is 127 Å². The van der Waals surface area contributed by atoms with E-state index in [9.17, 15) is 14.9 Å². The number of carbonyl (C=O) groups is 2. The van der Waals surface area contributed by atoms with Crippen molar-refractivity contribution < 1.29 is 19.1 Å². The molecule has 0 fully saturated rings. The van der Waals surface area contributed by atoms with Crippen LogP contribution in [0.15, 0.2) is 0 Å². The summed E-state index contributed by atoms with van der Waals surface area (Å²) in [5.74, 6) is -1.73. The van der Waals surface area contributed by atoms with E-state index in [-0.39, 0.29) is 25.6 Å². The summed E-state index contributed by atoms with van der Waals surface area (Å²) in [6.45, 7) is 9.56. The van der Waals surface area contributed by atoms with Crippen LogP contribution in [0.25, 0.3) is 0 Å². The minimum atomic E-state index is -0.708. The molecule has 0 spiro atoms. The first-order valence-corrected chi connectivity index (χ1v) is 7.57. The topological polar surface area (TPSA) is 76.4 Å². The van der Waals surface area contributed by atoms with E-state index >= 15 is 0 Å². The minimum absolute atomic E-state index is 0.0392. The molecule has 5 nitrogen and oxygen atoms in total. The Bertz CT molecular complexity index is 384. The SMILES string of the molecule is CCCC(C(CC(=O)OCC)C(=O)OCC)C(C)(C)C#N. The van der Waals surface area contributed by atoms with E-state index in [1.54, 1.807) is 27.7 Å². The van der Waals surface area contributed by atoms with E-state index in [0.717, 1.165) is 6.42 Å². The highest BCUT2D eigenvalue weighted by atomic mass is 16.5. The van der Waals surface area contributed by atoms with Gasteiger partial charge in [0.05, 0.1) is 37.0 Å². The van der Waals surface area contributed by atoms with E-state index < -0.39 is 23.3 Å². The summed E-state index contributed by atoms with van der Waals surface area (Å²) in [6, 6.07) is 2.25. The van der Waals surface area contributed by atoms with Gasteiger partial charge in [0.15, 0.2) is 0 Å². The monoisotopic (exact) mass is 297 g/mol. The molecular formula is C16H27NO4. The van der Waals surface area contributed by atoms with Crippen LogP contribution in [0.2, 0.25) is 0 Å². The van der Waals surface area contributed by atoms with Gasteiger partial charge < -0.3 is 9.47 Å². The Kier molecular flexibility index (Phi) is 8.68. The third-order valence-electron chi connectivity index (χ3n) is 3.58. The smallest absolute Gasteiger partial charge is 0.309 e. The number of esters is 2. The van der Waals surface area contributed by atoms with Gasteiger partial charge in [-0.2, -0.15) is 5.26 Å². The second kappa shape index (κ2) is 9.38. The van der Waals surface area contributed by atoms with Crippen molar-refractivity contribution >= 4 is 11.9 Å². The lowest BCUT2D eigenvalue weighted by Gasteiger charge is -2.33. The highest BCUT2D eigenvalue weighted by Crippen LogP contribution is 2.38. The highest BCUT2D eigenvalue weighted by molar-refractivity contribution is 5.80. The molecule has 0 radical (unpaired) electrons. The molecule has 0 bridgehead atoms. The van der Waals surface area contributed by atoms with Crippen molar-refractivity contribution in [2.24, 2.45) is 17.3 Å². The average Bonchev–Trinajstić information content (AvgIpc) is 2.43. The maximum Gasteiger partial charge on any atom is 0.309 e. The van der Waals surface area contributed by atoms with Crippen molar-refractivity contribution in [3.05, 3.63) is 0 Å². The number of carbonyl (C=O) groups excluding carboxylic acids is 2. The molecule has 0 aliphatic heterocycles. The van der Waals surface area contributed by atoms with E-state index in [1.807, 2.05) is 6.92 Å². The van der Waals surface area contributed by atoms with Gasteiger partial charge in [-0.05, 0) is 40.0 Å². The maximum absolute atomic E-state index is 12.2. The van der Waals surface area contributed by atoms with Crippen molar-refractivity contribution in [1.82, 2.24) is 0 Å². The van der Waals surface area contributed by atoms with Crippen molar-refractivity contribution in [1.29, 1.82) is 5.26 Å². The lowest BCUT2D eigenvalue weighted by Crippen LogP contribution is -2.37. The van der Waals surface area contributed by atoms with Crippen LogP contribution in [0.1, 0.15) is 53.9 Å². The molecule has 21 heavy (non-hydrogen) atoms. The fourth-order valence-corrected chi connectivity index (χ4v) is 2.50. The normalized spacial score (nSPS) is 13.9. The maximum atomic E-state index is 12.2. The molecule has 5 heteroatoms. The summed E-state index contributed by atoms with van der Waals surface area (Å²) >= 11 is 0. The predicted molar refractivity (Wildman–Crippen MR) is 79.2 cm³/mol. The lowest BCUT2D eigenvalue weighted by molar-refractivity contribution is -0.158. The van der Waals surface area contributed by atoms with Crippen LogP contribution < -0.4 is 0 Å². The molecule has 0 aliphatic carbocycles. The summed E-state index contributed by atoms with van der Waals surface area (Å²) in [7, 11) is 0. The zero-order valence-corrected chi connectivity index (χ0v) is 13.8. The largest absolute Gasteiger partial charge is 0.466 e. The first kappa shape index (κ1) is 19.4. The van der Waals surface area contributed by atoms with Gasteiger partial charge in [-0.25, -0.2) is 0 Å². The molecular weight excluding hydrogens is 270 g/mol. The molecule has 0 saturated heterocycles. The third-order valence-corrected chi connectivity index (χ3v) is 3.58. The number of ether oxygens (including phenoxy) is 2. The zero-order chi connectivity index (χ0) is 16.5. The van der Waals surface area contributed by atoms with E-state index in [4.69, 9.17) is 9.47 Å². The summed E-state index contributed by atoms with van der Waals surface area (Å²) < 4.78 is 10.0. The summed E-state index contributed by atoms with van der Waals surface area (Å²) in [4.78, 5) is 24.0. The van der Waals surface area contributed by atoms with Gasteiger partial charge in [-0.1, -0.05) is 13.3 Å². The lowest BCUT2D eigenvalue weighted by atomic mass is 9.69. The standard InChI is InChI=1S/C16H27NO4/c1-6-9-13(16(4,5)11-17)12(15(19)21-8-3)10-14(18)20-7-2/h12-13H,6-10H2,1-5H3. The quantitative estimate of drug-likeness (QED) is 0.611. The van der Waals surface area contributed by atoms with Gasteiger partial charge in [0.2, 0.25) is 0 Å². The minimum Gasteiger partial charge on any atom is -0.466 e. The van der Waals surface area contributed by atoms with Crippen LogP contribution in [0.5, 0.6) is 0 Å². The molecule has 0 amide bonds. The van der Waals surface area contributed by atoms with E-state index in [2.05, 4.69) is 6.07 Å². The third kappa shape index (κ3) is 6.16. The molecule has 0 aliphatic rings. The number of hydrogen-bond donors (Lipinski definition) is 0. The molecule has 0 aromatic heterocycles. The molecule has 0 rings (SSSR count). The van der Waals surface area contributed by atoms with Crippen LogP contribution in [0, 0.1) is 28.6 Å². The summed E-state index contributed by atoms with van der Waals surface area (Å²) in [6.07, 6.45) is 1.47. The summed E-state index contributed by atoms with van der Waals surface area (Å²) in [5, 5.41) is 9.37. The van der Waals surface area contributed by atoms with Gasteiger partial charge in [-0.15, -0.1) is 0 Å². The van der Waals surface area contributed by atoms with Crippen molar-refractivity contribution in [3.8, 4) is 6.07 Å². The number of nitriles is 1. The number of nitrogens with zero attached hydrogens (tertiary/aromatic N) is 1. The fourth-order valence-electron chi connectivity index (χ4n) is 2.50. The molecule has 0 heterocycles. The van der Waals surface area contributed by atoms with Crippen molar-refractivity contribution in [2.75, 3.05) is 13.2 Å². The van der Waals surface area contributed by atoms with Crippen LogP contribution in [-0.4, -0.2) is 25.2 Å². The van der Waals surface area contributed by atoms with Gasteiger partial charge >= 0.3 is 11.9 Å². The zero-order valence-electron chi connectivity index (χ0n) is 13.8. The second-order valence-corrected chi connectivity index (χ2v) is 5.60. The van der Waals surface area contributed by atoms with Gasteiger partial charge in [0, 0.05) is 0 Å². The van der Waals surface area contributed by atoms with Crippen molar-refractivity contribution in [2.45, 2.75) is 53.9 Å². The Morgan fingerprint density at radius 3 is 2.14 bits per heavy atom. The first-order valence-electron chi connectivity index (χ1n) is 7.57. The molecule has 0 saturated carbocycles. The van der Waals surface area contributed by atoms with Crippen LogP contribution >= 0.6 is 0 Å². The molecule has 0 N–H and O–H groups in total. The molecule has 2 unspecified atom stereocenters. The van der Waals surface area contributed by atoms with Crippen molar-refractivity contribution in [3.63, 3.8) is 0 Å². The summed E-state index contributed by atoms with van der Waals surface area (Å²) in [5.41, 5.74) is -0.708. The van der Waals surface area contributed by atoms with Crippen LogP contribution in [0.4, 0.5) is 0 Å². The number of rotatable bonds is 9. The number of hydrogen-bond acceptors (Lipinski definition) is 5. The van der Waals surface area contributed by atoms with Gasteiger partial charge in [-0.3, -0.25) is 9.59 Å². The average molecular weight is 297 g/mol. The first-order chi connectivity index (χ1) is 9.83. The van der Waals surface area contributed by atoms with E-state index in [0.29, 0.717) is 6.42 Å². The Hall–Kier alpha value is -1.57. The van der Waals surface area contributed by atoms with Gasteiger partial charge in [0.1, 0.15) is 0 Å². The highest BCUT2D eigenvalue weighted by Gasteiger charge is 2.41. The molecule has 0 aromatic carbocycles. The molecule has 0 aromatic rings. The second-order valence-electron chi connectivity index (χ2n) is 5.60. The predicted octanol–water partition coefficient (Wildman–Crippen LogP) is 3.08. The van der Waals surface area contributed by atoms with Gasteiger partial charge in [0.25, 0.3) is 0 Å². The van der Waals surface area contributed by atoms with Crippen LogP contribution in [-0.2, 0) is 19.1 Å². The molecule has 120 valence electrons. The Morgan fingerprint density at radius 1 is 1.14 bits per heavy atom.